The summed E-state index contributed by atoms with van der Waals surface area (Å²) in [7, 11) is 0. The molecular formula is C26H34FN3O4S. The van der Waals surface area contributed by atoms with E-state index in [9.17, 15) is 19.1 Å². The summed E-state index contributed by atoms with van der Waals surface area (Å²) >= 11 is 1.70. The zero-order chi connectivity index (χ0) is 25.3. The molecule has 1 spiro atoms. The average Bonchev–Trinajstić information content (AvgIpc) is 3.11. The second-order valence-electron chi connectivity index (χ2n) is 8.58. The Labute approximate surface area is 210 Å². The fraction of sp³-hybridized carbons (Fsp3) is 0.462. The lowest BCUT2D eigenvalue weighted by atomic mass is 9.95. The Hall–Kier alpha value is -2.78. The Bertz CT molecular complexity index is 953. The number of halogens is 1. The monoisotopic (exact) mass is 503 g/mol. The topological polar surface area (TPSA) is 82.1 Å². The molecule has 0 radical (unpaired) electrons. The first-order valence-electron chi connectivity index (χ1n) is 11.9. The van der Waals surface area contributed by atoms with Crippen LogP contribution in [0.25, 0.3) is 0 Å². The number of thioether (sulfide) groups is 1. The summed E-state index contributed by atoms with van der Waals surface area (Å²) in [5.41, 5.74) is 0.340. The van der Waals surface area contributed by atoms with E-state index in [0.29, 0.717) is 32.5 Å². The molecule has 2 aliphatic heterocycles. The van der Waals surface area contributed by atoms with Gasteiger partial charge in [0.2, 0.25) is 5.91 Å². The molecule has 2 heterocycles. The number of benzene rings is 2. The molecule has 0 aromatic heterocycles. The fourth-order valence-corrected chi connectivity index (χ4v) is 4.93. The number of carboxylic acid groups (broad SMARTS) is 1. The number of likely N-dealkylation sites (tertiary alicyclic amines) is 1. The zero-order valence-corrected chi connectivity index (χ0v) is 21.1. The number of hydrogen-bond acceptors (Lipinski definition) is 5. The smallest absolute Gasteiger partial charge is 0.407 e. The first kappa shape index (κ1) is 26.8. The molecule has 2 amide bonds. The van der Waals surface area contributed by atoms with Crippen molar-refractivity contribution in [2.24, 2.45) is 0 Å². The number of amides is 2. The van der Waals surface area contributed by atoms with Gasteiger partial charge in [0, 0.05) is 32.5 Å². The van der Waals surface area contributed by atoms with Gasteiger partial charge < -0.3 is 19.6 Å². The number of piperidine rings is 1. The van der Waals surface area contributed by atoms with E-state index in [0.717, 1.165) is 30.1 Å². The number of carbonyl (C=O) groups excluding carboxylic acids is 1. The second-order valence-corrected chi connectivity index (χ2v) is 9.56. The molecule has 0 bridgehead atoms. The molecular weight excluding hydrogens is 469 g/mol. The summed E-state index contributed by atoms with van der Waals surface area (Å²) < 4.78 is 18.4. The number of carbonyl (C=O) groups is 2. The minimum absolute atomic E-state index is 0.0483. The van der Waals surface area contributed by atoms with Crippen LogP contribution in [0.5, 0.6) is 5.75 Å². The van der Waals surface area contributed by atoms with Gasteiger partial charge in [-0.3, -0.25) is 10.1 Å². The van der Waals surface area contributed by atoms with E-state index < -0.39 is 11.8 Å². The van der Waals surface area contributed by atoms with Crippen LogP contribution < -0.4 is 10.1 Å². The highest BCUT2D eigenvalue weighted by molar-refractivity contribution is 7.98. The van der Waals surface area contributed by atoms with Gasteiger partial charge in [0.1, 0.15) is 11.6 Å². The van der Waals surface area contributed by atoms with Crippen molar-refractivity contribution in [2.75, 3.05) is 31.7 Å². The van der Waals surface area contributed by atoms with Crippen molar-refractivity contribution in [2.45, 2.75) is 44.4 Å². The summed E-state index contributed by atoms with van der Waals surface area (Å²) in [6.45, 7) is 3.90. The van der Waals surface area contributed by atoms with Gasteiger partial charge in [-0.15, -0.1) is 0 Å². The third-order valence-corrected chi connectivity index (χ3v) is 6.95. The van der Waals surface area contributed by atoms with E-state index in [2.05, 4.69) is 5.32 Å². The Morgan fingerprint density at radius 3 is 2.40 bits per heavy atom. The molecule has 2 aromatic rings. The first-order valence-corrected chi connectivity index (χ1v) is 13.3. The van der Waals surface area contributed by atoms with Crippen LogP contribution >= 0.6 is 11.8 Å². The van der Waals surface area contributed by atoms with Crippen LogP contribution in [0.15, 0.2) is 54.6 Å². The predicted molar refractivity (Wildman–Crippen MR) is 136 cm³/mol. The van der Waals surface area contributed by atoms with Gasteiger partial charge in [-0.05, 0) is 55.2 Å². The molecule has 2 aliphatic rings. The Morgan fingerprint density at radius 2 is 1.83 bits per heavy atom. The average molecular weight is 504 g/mol. The van der Waals surface area contributed by atoms with Crippen LogP contribution in [0.1, 0.15) is 31.7 Å². The van der Waals surface area contributed by atoms with Crippen LogP contribution in [0.2, 0.25) is 0 Å². The summed E-state index contributed by atoms with van der Waals surface area (Å²) in [6.07, 6.45) is 2.94. The van der Waals surface area contributed by atoms with Crippen LogP contribution in [0, 0.1) is 5.82 Å². The van der Waals surface area contributed by atoms with Crippen LogP contribution in [0.4, 0.5) is 9.18 Å². The van der Waals surface area contributed by atoms with Crippen LogP contribution in [-0.4, -0.2) is 70.3 Å². The Morgan fingerprint density at radius 1 is 1.17 bits per heavy atom. The molecule has 9 heteroatoms. The highest BCUT2D eigenvalue weighted by Crippen LogP contribution is 2.34. The summed E-state index contributed by atoms with van der Waals surface area (Å²) in [5.74, 6) is 1.57. The van der Waals surface area contributed by atoms with E-state index in [1.54, 1.807) is 23.9 Å². The molecule has 35 heavy (non-hydrogen) atoms. The van der Waals surface area contributed by atoms with Gasteiger partial charge >= 0.3 is 6.09 Å². The van der Waals surface area contributed by atoms with Crippen molar-refractivity contribution in [3.63, 3.8) is 0 Å². The first-order chi connectivity index (χ1) is 16.9. The normalized spacial score (nSPS) is 18.8. The molecule has 1 atom stereocenters. The largest absolute Gasteiger partial charge is 0.494 e. The molecule has 2 aromatic carbocycles. The van der Waals surface area contributed by atoms with E-state index in [1.807, 2.05) is 48.4 Å². The van der Waals surface area contributed by atoms with Crippen molar-refractivity contribution in [3.05, 3.63) is 66.0 Å². The Kier molecular flexibility index (Phi) is 9.80. The predicted octanol–water partition coefficient (Wildman–Crippen LogP) is 4.43. The molecule has 0 saturated carbocycles. The molecule has 7 nitrogen and oxygen atoms in total. The van der Waals surface area contributed by atoms with Crippen molar-refractivity contribution in [1.82, 2.24) is 15.1 Å². The van der Waals surface area contributed by atoms with Crippen LogP contribution in [-0.2, 0) is 11.3 Å². The van der Waals surface area contributed by atoms with Crippen molar-refractivity contribution in [1.29, 1.82) is 0 Å². The molecule has 2 N–H and O–H groups in total. The third-order valence-electron chi connectivity index (χ3n) is 6.30. The maximum Gasteiger partial charge on any atom is 0.407 e. The van der Waals surface area contributed by atoms with E-state index >= 15 is 0 Å². The molecule has 4 rings (SSSR count). The lowest BCUT2D eigenvalue weighted by Gasteiger charge is -2.44. The molecule has 1 unspecified atom stereocenters. The number of rotatable bonds is 7. The molecule has 2 fully saturated rings. The Balaban J connectivity index is 0.000000320. The minimum Gasteiger partial charge on any atom is -0.494 e. The summed E-state index contributed by atoms with van der Waals surface area (Å²) in [4.78, 5) is 27.5. The van der Waals surface area contributed by atoms with Gasteiger partial charge in [0.15, 0.2) is 0 Å². The number of ether oxygens (including phenoxy) is 1. The summed E-state index contributed by atoms with van der Waals surface area (Å²) in [5, 5.41) is 12.7. The quantitative estimate of drug-likeness (QED) is 0.582. The second kappa shape index (κ2) is 12.8. The number of hydrogen-bond donors (Lipinski definition) is 2. The van der Waals surface area contributed by atoms with Gasteiger partial charge in [-0.25, -0.2) is 9.18 Å². The van der Waals surface area contributed by atoms with Crippen molar-refractivity contribution in [3.8, 4) is 5.75 Å². The molecule has 0 aliphatic carbocycles. The maximum atomic E-state index is 13.2. The van der Waals surface area contributed by atoms with Crippen molar-refractivity contribution < 1.29 is 23.8 Å². The third kappa shape index (κ3) is 7.11. The maximum absolute atomic E-state index is 13.2. The van der Waals surface area contributed by atoms with Crippen LogP contribution in [0.3, 0.4) is 0 Å². The van der Waals surface area contributed by atoms with E-state index in [4.69, 9.17) is 4.74 Å². The van der Waals surface area contributed by atoms with Gasteiger partial charge in [0.25, 0.3) is 0 Å². The fourth-order valence-electron chi connectivity index (χ4n) is 4.46. The van der Waals surface area contributed by atoms with E-state index in [-0.39, 0.29) is 17.8 Å². The minimum atomic E-state index is -0.923. The molecule has 190 valence electrons. The highest BCUT2D eigenvalue weighted by atomic mass is 32.2. The number of nitrogens with one attached hydrogen (secondary N) is 1. The lowest BCUT2D eigenvalue weighted by Crippen LogP contribution is -2.59. The highest BCUT2D eigenvalue weighted by Gasteiger charge is 2.51. The van der Waals surface area contributed by atoms with Gasteiger partial charge in [-0.1, -0.05) is 30.3 Å². The summed E-state index contributed by atoms with van der Waals surface area (Å²) in [6, 6.07) is 15.7. The number of para-hydroxylation sites is 1. The van der Waals surface area contributed by atoms with Gasteiger partial charge in [-0.2, -0.15) is 11.8 Å². The molecule has 2 saturated heterocycles. The standard InChI is InChI=1S/C18H24FN3O3S.C8H10O/c1-26-11-6-15-16(23)22(12-13-2-4-14(19)5-3-13)18(20-15)7-9-21(10-8-18)17(24)25;1-2-9-8-6-4-3-5-7-8/h2-5,15,20H,6-12H2,1H3,(H,24,25);3-7H,2H2,1H3. The van der Waals surface area contributed by atoms with Crippen molar-refractivity contribution >= 4 is 23.8 Å². The van der Waals surface area contributed by atoms with Gasteiger partial charge in [0.05, 0.1) is 18.3 Å². The zero-order valence-electron chi connectivity index (χ0n) is 20.3. The van der Waals surface area contributed by atoms with E-state index in [1.165, 1.54) is 17.0 Å². The SMILES string of the molecule is CCOc1ccccc1.CSCCC1NC2(CCN(C(=O)O)CC2)N(Cc2ccc(F)cc2)C1=O. The lowest BCUT2D eigenvalue weighted by molar-refractivity contribution is -0.134. The number of nitrogens with zero attached hydrogens (tertiary/aromatic N) is 2.